The first kappa shape index (κ1) is 20.8. The zero-order chi connectivity index (χ0) is 20.9. The first-order valence-corrected chi connectivity index (χ1v) is 12.3. The van der Waals surface area contributed by atoms with Crippen molar-refractivity contribution in [2.24, 2.45) is 0 Å². The van der Waals surface area contributed by atoms with Crippen LogP contribution >= 0.6 is 0 Å². The molecule has 3 rings (SSSR count). The van der Waals surface area contributed by atoms with Gasteiger partial charge in [0, 0.05) is 23.4 Å². The predicted molar refractivity (Wildman–Crippen MR) is 97.3 cm³/mol. The largest absolute Gasteiger partial charge is 0.744 e. The fourth-order valence-corrected chi connectivity index (χ4v) is 5.01. The molecule has 2 aromatic rings. The van der Waals surface area contributed by atoms with E-state index in [4.69, 9.17) is 4.55 Å². The van der Waals surface area contributed by atoms with E-state index in [1.54, 1.807) is 10.8 Å². The van der Waals surface area contributed by atoms with Crippen molar-refractivity contribution in [2.45, 2.75) is 22.6 Å². The van der Waals surface area contributed by atoms with Crippen molar-refractivity contribution in [1.82, 2.24) is 0 Å². The van der Waals surface area contributed by atoms with E-state index in [0.717, 1.165) is 6.07 Å². The molecule has 0 amide bonds. The Kier molecular flexibility index (Phi) is 5.10. The summed E-state index contributed by atoms with van der Waals surface area (Å²) in [7, 11) is -13.9. The highest BCUT2D eigenvalue weighted by Crippen LogP contribution is 2.36. The van der Waals surface area contributed by atoms with Crippen LogP contribution in [-0.2, 0) is 36.8 Å². The third-order valence-electron chi connectivity index (χ3n) is 4.35. The van der Waals surface area contributed by atoms with Crippen molar-refractivity contribution >= 4 is 53.0 Å². The molecule has 2 aromatic carbocycles. The highest BCUT2D eigenvalue weighted by Gasteiger charge is 2.27. The zero-order valence-electron chi connectivity index (χ0n) is 14.1. The SMILES string of the molecule is O=S(=O)(O)CCC[N+]1=CCc2c1ccc1c(S(=O)(=O)[O-])cc(S(=O)(=O)O)cc21. The molecule has 0 radical (unpaired) electrons. The summed E-state index contributed by atoms with van der Waals surface area (Å²) in [4.78, 5) is -1.47. The van der Waals surface area contributed by atoms with Gasteiger partial charge in [-0.1, -0.05) is 0 Å². The lowest BCUT2D eigenvalue weighted by atomic mass is 10.0. The van der Waals surface area contributed by atoms with E-state index in [9.17, 15) is 34.4 Å². The third kappa shape index (κ3) is 4.24. The second kappa shape index (κ2) is 6.86. The van der Waals surface area contributed by atoms with Crippen LogP contribution in [0.15, 0.2) is 34.1 Å². The molecule has 0 saturated carbocycles. The van der Waals surface area contributed by atoms with Crippen LogP contribution in [0.5, 0.6) is 0 Å². The molecule has 0 saturated heterocycles. The van der Waals surface area contributed by atoms with Gasteiger partial charge in [-0.2, -0.15) is 16.8 Å². The molecule has 2 N–H and O–H groups in total. The molecule has 0 fully saturated rings. The summed E-state index contributed by atoms with van der Waals surface area (Å²) < 4.78 is 99.3. The topological polar surface area (TPSA) is 169 Å². The summed E-state index contributed by atoms with van der Waals surface area (Å²) in [6, 6.07) is 4.60. The van der Waals surface area contributed by atoms with Gasteiger partial charge in [0.1, 0.15) is 22.9 Å². The highest BCUT2D eigenvalue weighted by molar-refractivity contribution is 7.86. The van der Waals surface area contributed by atoms with E-state index < -0.39 is 45.9 Å². The molecule has 0 bridgehead atoms. The van der Waals surface area contributed by atoms with E-state index in [1.165, 1.54) is 12.1 Å². The van der Waals surface area contributed by atoms with E-state index in [2.05, 4.69) is 0 Å². The molecule has 0 aliphatic carbocycles. The minimum absolute atomic E-state index is 0.0225. The Balaban J connectivity index is 2.14. The van der Waals surface area contributed by atoms with Gasteiger partial charge in [0.25, 0.3) is 20.2 Å². The molecule has 10 nitrogen and oxygen atoms in total. The van der Waals surface area contributed by atoms with Gasteiger partial charge in [0.2, 0.25) is 5.69 Å². The fraction of sp³-hybridized carbons (Fsp3) is 0.267. The van der Waals surface area contributed by atoms with Gasteiger partial charge >= 0.3 is 0 Å². The summed E-state index contributed by atoms with van der Waals surface area (Å²) >= 11 is 0. The third-order valence-corrected chi connectivity index (χ3v) is 6.86. The zero-order valence-corrected chi connectivity index (χ0v) is 16.6. The van der Waals surface area contributed by atoms with Crippen molar-refractivity contribution < 1.29 is 43.5 Å². The summed E-state index contributed by atoms with van der Waals surface area (Å²) in [5.41, 5.74) is 1.10. The predicted octanol–water partition coefficient (Wildman–Crippen LogP) is 0.539. The lowest BCUT2D eigenvalue weighted by Gasteiger charge is -2.14. The van der Waals surface area contributed by atoms with Crippen molar-refractivity contribution in [3.8, 4) is 0 Å². The minimum atomic E-state index is -5.02. The van der Waals surface area contributed by atoms with Gasteiger partial charge in [-0.3, -0.25) is 9.11 Å². The van der Waals surface area contributed by atoms with E-state index in [0.29, 0.717) is 17.3 Å². The molecule has 1 aliphatic heterocycles. The second-order valence-electron chi connectivity index (χ2n) is 6.23. The van der Waals surface area contributed by atoms with Crippen molar-refractivity contribution in [3.05, 3.63) is 29.8 Å². The molecular weight excluding hydrogens is 434 g/mol. The maximum Gasteiger partial charge on any atom is 0.294 e. The number of hydrogen-bond acceptors (Lipinski definition) is 7. The normalized spacial score (nSPS) is 14.9. The first-order chi connectivity index (χ1) is 12.8. The van der Waals surface area contributed by atoms with Crippen LogP contribution in [-0.4, -0.2) is 62.0 Å². The Labute approximate surface area is 161 Å². The van der Waals surface area contributed by atoms with Crippen LogP contribution in [0.4, 0.5) is 5.69 Å². The summed E-state index contributed by atoms with van der Waals surface area (Å²) in [6.07, 6.45) is 2.09. The molecule has 1 aliphatic rings. The molecule has 0 unspecified atom stereocenters. The standard InChI is InChI=1S/C15H15NO9S3/c17-26(18,19)7-1-5-16-6-4-11-13-8-10(27(20,21)22)9-15(28(23,24)25)12(13)2-3-14(11)16/h2-3,6,8-9H,1,4-5,7H2,(H2-,17,18,19,20,21,22,23,24,25). The van der Waals surface area contributed by atoms with Crippen molar-refractivity contribution in [1.29, 1.82) is 0 Å². The lowest BCUT2D eigenvalue weighted by molar-refractivity contribution is -0.432. The second-order valence-corrected chi connectivity index (χ2v) is 10.6. The summed E-state index contributed by atoms with van der Waals surface area (Å²) in [5.74, 6) is -0.439. The average molecular weight is 449 g/mol. The van der Waals surface area contributed by atoms with Crippen LogP contribution in [0, 0.1) is 0 Å². The smallest absolute Gasteiger partial charge is 0.294 e. The monoisotopic (exact) mass is 449 g/mol. The molecule has 0 atom stereocenters. The molecule has 28 heavy (non-hydrogen) atoms. The summed E-state index contributed by atoms with van der Waals surface area (Å²) in [5, 5.41) is 0.199. The van der Waals surface area contributed by atoms with Crippen LogP contribution < -0.4 is 0 Å². The van der Waals surface area contributed by atoms with E-state index in [1.807, 2.05) is 0 Å². The van der Waals surface area contributed by atoms with Gasteiger partial charge < -0.3 is 4.55 Å². The Bertz CT molecular complexity index is 1320. The molecule has 13 heteroatoms. The molecule has 152 valence electrons. The Morgan fingerprint density at radius 2 is 1.68 bits per heavy atom. The quantitative estimate of drug-likeness (QED) is 0.472. The number of nitrogens with zero attached hydrogens (tertiary/aromatic N) is 1. The van der Waals surface area contributed by atoms with Crippen LogP contribution in [0.25, 0.3) is 10.8 Å². The molecule has 1 heterocycles. The van der Waals surface area contributed by atoms with Gasteiger partial charge in [0.15, 0.2) is 0 Å². The maximum absolute atomic E-state index is 11.6. The van der Waals surface area contributed by atoms with Gasteiger partial charge in [-0.15, -0.1) is 0 Å². The molecule has 0 spiro atoms. The van der Waals surface area contributed by atoms with E-state index in [-0.39, 0.29) is 30.2 Å². The molecular formula is C15H15NO9S3. The Morgan fingerprint density at radius 1 is 1.00 bits per heavy atom. The molecule has 0 aromatic heterocycles. The van der Waals surface area contributed by atoms with Gasteiger partial charge in [-0.25, -0.2) is 13.0 Å². The average Bonchev–Trinajstić information content (AvgIpc) is 2.94. The number of hydrogen-bond donors (Lipinski definition) is 2. The Hall–Kier alpha value is -1.90. The lowest BCUT2D eigenvalue weighted by Crippen LogP contribution is -2.12. The van der Waals surface area contributed by atoms with Crippen LogP contribution in [0.3, 0.4) is 0 Å². The maximum atomic E-state index is 11.6. The first-order valence-electron chi connectivity index (χ1n) is 7.85. The number of fused-ring (bicyclic) bond motifs is 3. The van der Waals surface area contributed by atoms with Crippen LogP contribution in [0.1, 0.15) is 12.0 Å². The number of benzene rings is 2. The van der Waals surface area contributed by atoms with Crippen molar-refractivity contribution in [3.63, 3.8) is 0 Å². The van der Waals surface area contributed by atoms with Gasteiger partial charge in [-0.05, 0) is 23.6 Å². The van der Waals surface area contributed by atoms with E-state index >= 15 is 0 Å². The van der Waals surface area contributed by atoms with Gasteiger partial charge in [0.05, 0.1) is 22.0 Å². The minimum Gasteiger partial charge on any atom is -0.744 e. The highest BCUT2D eigenvalue weighted by atomic mass is 32.2. The fourth-order valence-electron chi connectivity index (χ4n) is 3.19. The van der Waals surface area contributed by atoms with Crippen LogP contribution in [0.2, 0.25) is 0 Å². The number of rotatable bonds is 6. The van der Waals surface area contributed by atoms with Crippen molar-refractivity contribution in [2.75, 3.05) is 12.3 Å². The summed E-state index contributed by atoms with van der Waals surface area (Å²) in [6.45, 7) is 0.239. The Morgan fingerprint density at radius 3 is 2.25 bits per heavy atom.